The molecular weight excluding hydrogens is 400 g/mol. The number of aromatic nitrogens is 1. The molecule has 2 aromatic carbocycles. The predicted octanol–water partition coefficient (Wildman–Crippen LogP) is 6.69. The van der Waals surface area contributed by atoms with Crippen molar-refractivity contribution in [1.82, 2.24) is 9.47 Å². The second kappa shape index (κ2) is 9.11. The van der Waals surface area contributed by atoms with E-state index >= 15 is 0 Å². The van der Waals surface area contributed by atoms with Gasteiger partial charge in [0.05, 0.1) is 6.04 Å². The van der Waals surface area contributed by atoms with E-state index in [1.54, 1.807) is 0 Å². The van der Waals surface area contributed by atoms with Crippen LogP contribution in [-0.2, 0) is 11.2 Å². The lowest BCUT2D eigenvalue weighted by Crippen LogP contribution is -2.35. The monoisotopic (exact) mass is 432 g/mol. The third-order valence-corrected chi connectivity index (χ3v) is 5.71. The van der Waals surface area contributed by atoms with Gasteiger partial charge in [0, 0.05) is 30.5 Å². The fourth-order valence-corrected chi connectivity index (χ4v) is 4.25. The Labute approximate surface area is 190 Å². The van der Waals surface area contributed by atoms with Crippen LogP contribution in [0.4, 0.5) is 4.79 Å². The van der Waals surface area contributed by atoms with E-state index in [4.69, 9.17) is 9.47 Å². The summed E-state index contributed by atoms with van der Waals surface area (Å²) in [6.45, 7) is 9.30. The van der Waals surface area contributed by atoms with Crippen LogP contribution in [0.3, 0.4) is 0 Å². The van der Waals surface area contributed by atoms with Crippen LogP contribution in [0.5, 0.6) is 11.5 Å². The first-order chi connectivity index (χ1) is 15.3. The number of carbonyl (C=O) groups excluding carboxylic acids is 1. The zero-order valence-corrected chi connectivity index (χ0v) is 19.4. The van der Waals surface area contributed by atoms with Gasteiger partial charge in [-0.25, -0.2) is 4.79 Å². The smallest absolute Gasteiger partial charge is 0.410 e. The zero-order valence-electron chi connectivity index (χ0n) is 19.4. The predicted molar refractivity (Wildman–Crippen MR) is 127 cm³/mol. The third-order valence-electron chi connectivity index (χ3n) is 5.71. The average molecular weight is 433 g/mol. The van der Waals surface area contributed by atoms with Gasteiger partial charge in [0.25, 0.3) is 0 Å². The van der Waals surface area contributed by atoms with E-state index in [2.05, 4.69) is 35.9 Å². The molecule has 1 aliphatic heterocycles. The molecule has 1 amide bonds. The standard InChI is InChI=1S/C27H32N2O3/c1-5-25-24(20-11-13-23(14-12-20)31-22-9-7-6-8-10-22)16-18-29(25)21-15-17-28(19-21)26(30)32-27(2,3)4/h6-14,16,18,21H,5,15,17,19H2,1-4H3. The number of rotatable bonds is 5. The minimum atomic E-state index is -0.471. The van der Waals surface area contributed by atoms with Crippen LogP contribution < -0.4 is 4.74 Å². The highest BCUT2D eigenvalue weighted by Crippen LogP contribution is 2.33. The van der Waals surface area contributed by atoms with Gasteiger partial charge in [-0.1, -0.05) is 37.3 Å². The summed E-state index contributed by atoms with van der Waals surface area (Å²) in [6, 6.07) is 20.5. The van der Waals surface area contributed by atoms with E-state index in [1.165, 1.54) is 16.8 Å². The number of benzene rings is 2. The summed E-state index contributed by atoms with van der Waals surface area (Å²) in [6.07, 6.45) is 3.79. The molecule has 0 bridgehead atoms. The topological polar surface area (TPSA) is 43.7 Å². The normalized spacial score (nSPS) is 16.2. The van der Waals surface area contributed by atoms with Gasteiger partial charge in [0.1, 0.15) is 17.1 Å². The Balaban J connectivity index is 1.48. The Kier molecular flexibility index (Phi) is 6.26. The highest BCUT2D eigenvalue weighted by Gasteiger charge is 2.31. The molecule has 1 atom stereocenters. The fourth-order valence-electron chi connectivity index (χ4n) is 4.25. The van der Waals surface area contributed by atoms with Gasteiger partial charge in [-0.05, 0) is 69.5 Å². The van der Waals surface area contributed by atoms with E-state index in [-0.39, 0.29) is 12.1 Å². The largest absolute Gasteiger partial charge is 0.457 e. The first kappa shape index (κ1) is 22.0. The fraction of sp³-hybridized carbons (Fsp3) is 0.370. The molecule has 32 heavy (non-hydrogen) atoms. The molecule has 0 saturated carbocycles. The Bertz CT molecular complexity index is 1050. The van der Waals surface area contributed by atoms with Crippen LogP contribution in [-0.4, -0.2) is 34.3 Å². The summed E-state index contributed by atoms with van der Waals surface area (Å²) >= 11 is 0. The third kappa shape index (κ3) is 4.98. The number of likely N-dealkylation sites (tertiary alicyclic amines) is 1. The number of carbonyl (C=O) groups is 1. The van der Waals surface area contributed by atoms with E-state index in [0.717, 1.165) is 30.9 Å². The van der Waals surface area contributed by atoms with Gasteiger partial charge < -0.3 is 18.9 Å². The number of para-hydroxylation sites is 1. The van der Waals surface area contributed by atoms with Crippen molar-refractivity contribution in [1.29, 1.82) is 0 Å². The minimum absolute atomic E-state index is 0.223. The van der Waals surface area contributed by atoms with Gasteiger partial charge in [0.15, 0.2) is 0 Å². The first-order valence-electron chi connectivity index (χ1n) is 11.3. The molecule has 5 nitrogen and oxygen atoms in total. The van der Waals surface area contributed by atoms with Crippen molar-refractivity contribution in [2.24, 2.45) is 0 Å². The van der Waals surface area contributed by atoms with E-state index in [9.17, 15) is 4.79 Å². The van der Waals surface area contributed by atoms with Crippen LogP contribution >= 0.6 is 0 Å². The summed E-state index contributed by atoms with van der Waals surface area (Å²) in [5, 5.41) is 0. The number of nitrogens with zero attached hydrogens (tertiary/aromatic N) is 2. The summed E-state index contributed by atoms with van der Waals surface area (Å²) in [4.78, 5) is 14.3. The molecule has 2 heterocycles. The van der Waals surface area contributed by atoms with Crippen molar-refractivity contribution < 1.29 is 14.3 Å². The van der Waals surface area contributed by atoms with Crippen LogP contribution in [0.1, 0.15) is 45.9 Å². The maximum absolute atomic E-state index is 12.5. The molecule has 1 fully saturated rings. The minimum Gasteiger partial charge on any atom is -0.457 e. The van der Waals surface area contributed by atoms with Crippen LogP contribution in [0.15, 0.2) is 66.9 Å². The summed E-state index contributed by atoms with van der Waals surface area (Å²) in [5.41, 5.74) is 3.22. The molecule has 0 aliphatic carbocycles. The van der Waals surface area contributed by atoms with Crippen LogP contribution in [0.2, 0.25) is 0 Å². The second-order valence-electron chi connectivity index (χ2n) is 9.25. The molecule has 1 aliphatic rings. The number of amides is 1. The highest BCUT2D eigenvalue weighted by atomic mass is 16.6. The highest BCUT2D eigenvalue weighted by molar-refractivity contribution is 5.69. The molecule has 0 N–H and O–H groups in total. The summed E-state index contributed by atoms with van der Waals surface area (Å²) < 4.78 is 13.8. The maximum Gasteiger partial charge on any atom is 0.410 e. The Morgan fingerprint density at radius 2 is 1.69 bits per heavy atom. The van der Waals surface area contributed by atoms with Crippen molar-refractivity contribution in [2.75, 3.05) is 13.1 Å². The lowest BCUT2D eigenvalue weighted by molar-refractivity contribution is 0.0289. The van der Waals surface area contributed by atoms with Gasteiger partial charge >= 0.3 is 6.09 Å². The van der Waals surface area contributed by atoms with Crippen molar-refractivity contribution in [3.8, 4) is 22.6 Å². The Morgan fingerprint density at radius 1 is 1.00 bits per heavy atom. The Hall–Kier alpha value is -3.21. The molecular formula is C27H32N2O3. The average Bonchev–Trinajstić information content (AvgIpc) is 3.41. The molecule has 1 saturated heterocycles. The second-order valence-corrected chi connectivity index (χ2v) is 9.25. The van der Waals surface area contributed by atoms with Gasteiger partial charge in [0.2, 0.25) is 0 Å². The van der Waals surface area contributed by atoms with Gasteiger partial charge in [-0.2, -0.15) is 0 Å². The molecule has 4 rings (SSSR count). The number of hydrogen-bond acceptors (Lipinski definition) is 3. The van der Waals surface area contributed by atoms with Crippen molar-refractivity contribution in [3.05, 3.63) is 72.6 Å². The molecule has 0 radical (unpaired) electrons. The molecule has 168 valence electrons. The lowest BCUT2D eigenvalue weighted by atomic mass is 10.0. The summed E-state index contributed by atoms with van der Waals surface area (Å²) in [5.74, 6) is 1.65. The molecule has 5 heteroatoms. The van der Waals surface area contributed by atoms with Gasteiger partial charge in [-0.3, -0.25) is 0 Å². The van der Waals surface area contributed by atoms with E-state index in [1.807, 2.05) is 68.1 Å². The van der Waals surface area contributed by atoms with E-state index < -0.39 is 5.60 Å². The molecule has 3 aromatic rings. The lowest BCUT2D eigenvalue weighted by Gasteiger charge is -2.24. The summed E-state index contributed by atoms with van der Waals surface area (Å²) in [7, 11) is 0. The van der Waals surface area contributed by atoms with Crippen LogP contribution in [0, 0.1) is 0 Å². The van der Waals surface area contributed by atoms with Crippen molar-refractivity contribution >= 4 is 6.09 Å². The maximum atomic E-state index is 12.5. The first-order valence-corrected chi connectivity index (χ1v) is 11.3. The molecule has 0 spiro atoms. The van der Waals surface area contributed by atoms with Crippen LogP contribution in [0.25, 0.3) is 11.1 Å². The SMILES string of the molecule is CCc1c(-c2ccc(Oc3ccccc3)cc2)ccn1C1CCN(C(=O)OC(C)(C)C)C1. The Morgan fingerprint density at radius 3 is 2.34 bits per heavy atom. The molecule has 1 aromatic heterocycles. The van der Waals surface area contributed by atoms with E-state index in [0.29, 0.717) is 6.54 Å². The quantitative estimate of drug-likeness (QED) is 0.451. The van der Waals surface area contributed by atoms with Crippen molar-refractivity contribution in [2.45, 2.75) is 52.2 Å². The number of ether oxygens (including phenoxy) is 2. The number of hydrogen-bond donors (Lipinski definition) is 0. The zero-order chi connectivity index (χ0) is 22.7. The van der Waals surface area contributed by atoms with Gasteiger partial charge in [-0.15, -0.1) is 0 Å². The molecule has 1 unspecified atom stereocenters. The van der Waals surface area contributed by atoms with Crippen molar-refractivity contribution in [3.63, 3.8) is 0 Å².